The monoisotopic (exact) mass is 326 g/mol. The average Bonchev–Trinajstić information content (AvgIpc) is 2.54. The van der Waals surface area contributed by atoms with Gasteiger partial charge in [-0.2, -0.15) is 0 Å². The molecule has 0 radical (unpaired) electrons. The zero-order valence-corrected chi connectivity index (χ0v) is 13.6. The van der Waals surface area contributed by atoms with Gasteiger partial charge >= 0.3 is 0 Å². The van der Waals surface area contributed by atoms with E-state index in [0.29, 0.717) is 12.3 Å². The molecule has 1 aliphatic rings. The molecule has 2 rings (SSSR count). The first-order valence-electron chi connectivity index (χ1n) is 8.53. The van der Waals surface area contributed by atoms with Crippen molar-refractivity contribution in [2.24, 2.45) is 5.92 Å². The molecule has 4 heteroatoms. The fourth-order valence-electron chi connectivity index (χ4n) is 3.18. The number of rotatable bonds is 7. The largest absolute Gasteiger partial charge is 0.381 e. The van der Waals surface area contributed by atoms with Crippen LogP contribution < -0.4 is 0 Å². The van der Waals surface area contributed by atoms with Gasteiger partial charge in [-0.25, -0.2) is 13.2 Å². The van der Waals surface area contributed by atoms with E-state index in [0.717, 1.165) is 31.4 Å². The second-order valence-corrected chi connectivity index (χ2v) is 6.54. The Kier molecular flexibility index (Phi) is 6.28. The second kappa shape index (κ2) is 8.00. The Bertz CT molecular complexity index is 533. The maximum Gasteiger partial charge on any atom is 0.194 e. The molecule has 0 saturated carbocycles. The molecule has 1 aromatic carbocycles. The fraction of sp³-hybridized carbons (Fsp3) is 0.579. The molecular weight excluding hydrogens is 301 g/mol. The summed E-state index contributed by atoms with van der Waals surface area (Å²) in [4.78, 5) is 0. The number of aliphatic hydroxyl groups is 1. The van der Waals surface area contributed by atoms with Crippen LogP contribution in [0.5, 0.6) is 0 Å². The summed E-state index contributed by atoms with van der Waals surface area (Å²) in [6.07, 6.45) is 11.9. The van der Waals surface area contributed by atoms with Crippen LogP contribution in [0.2, 0.25) is 0 Å². The standard InChI is InChI=1S/C19H25F3O/c1-2-3-4-5-6-7-14-8-10-19(23,11-9-14)15-12-16(20)18(22)17(21)13-15/h8,10,12-14,23H,2-7,9,11H2,1H3. The molecule has 0 saturated heterocycles. The van der Waals surface area contributed by atoms with Crippen LogP contribution in [0.1, 0.15) is 63.9 Å². The summed E-state index contributed by atoms with van der Waals surface area (Å²) in [5, 5.41) is 10.6. The lowest BCUT2D eigenvalue weighted by molar-refractivity contribution is 0.0646. The maximum absolute atomic E-state index is 13.4. The molecule has 23 heavy (non-hydrogen) atoms. The van der Waals surface area contributed by atoms with Gasteiger partial charge in [0.25, 0.3) is 0 Å². The third-order valence-electron chi connectivity index (χ3n) is 4.70. The predicted octanol–water partition coefficient (Wildman–Crippen LogP) is 5.62. The van der Waals surface area contributed by atoms with Crippen LogP contribution in [0.15, 0.2) is 24.3 Å². The minimum Gasteiger partial charge on any atom is -0.381 e. The van der Waals surface area contributed by atoms with Crippen molar-refractivity contribution in [1.29, 1.82) is 0 Å². The van der Waals surface area contributed by atoms with Gasteiger partial charge in [0.05, 0.1) is 0 Å². The predicted molar refractivity (Wildman–Crippen MR) is 85.5 cm³/mol. The molecule has 1 aliphatic carbocycles. The molecule has 0 spiro atoms. The van der Waals surface area contributed by atoms with Gasteiger partial charge in [-0.15, -0.1) is 0 Å². The van der Waals surface area contributed by atoms with Crippen molar-refractivity contribution in [2.45, 2.75) is 63.9 Å². The van der Waals surface area contributed by atoms with Crippen LogP contribution in [-0.2, 0) is 5.60 Å². The Morgan fingerprint density at radius 1 is 1.09 bits per heavy atom. The molecular formula is C19H25F3O. The van der Waals surface area contributed by atoms with Gasteiger partial charge in [-0.05, 0) is 42.9 Å². The zero-order valence-electron chi connectivity index (χ0n) is 13.6. The Morgan fingerprint density at radius 2 is 1.74 bits per heavy atom. The van der Waals surface area contributed by atoms with Crippen molar-refractivity contribution in [3.8, 4) is 0 Å². The highest BCUT2D eigenvalue weighted by atomic mass is 19.2. The van der Waals surface area contributed by atoms with Crippen LogP contribution in [0.4, 0.5) is 13.2 Å². The number of allylic oxidation sites excluding steroid dienone is 1. The minimum absolute atomic E-state index is 0.0755. The van der Waals surface area contributed by atoms with Crippen LogP contribution in [0.25, 0.3) is 0 Å². The summed E-state index contributed by atoms with van der Waals surface area (Å²) < 4.78 is 39.8. The molecule has 0 aliphatic heterocycles. The van der Waals surface area contributed by atoms with Crippen LogP contribution >= 0.6 is 0 Å². The van der Waals surface area contributed by atoms with Gasteiger partial charge in [0.15, 0.2) is 17.5 Å². The highest BCUT2D eigenvalue weighted by molar-refractivity contribution is 5.30. The van der Waals surface area contributed by atoms with E-state index in [9.17, 15) is 18.3 Å². The van der Waals surface area contributed by atoms with E-state index in [4.69, 9.17) is 0 Å². The molecule has 0 heterocycles. The lowest BCUT2D eigenvalue weighted by Gasteiger charge is -2.31. The first-order chi connectivity index (χ1) is 11.0. The average molecular weight is 326 g/mol. The summed E-state index contributed by atoms with van der Waals surface area (Å²) in [5.41, 5.74) is -1.33. The van der Waals surface area contributed by atoms with E-state index in [1.807, 2.05) is 6.08 Å². The van der Waals surface area contributed by atoms with Crippen LogP contribution in [0, 0.1) is 23.4 Å². The number of hydrogen-bond donors (Lipinski definition) is 1. The summed E-state index contributed by atoms with van der Waals surface area (Å²) in [6.45, 7) is 2.19. The second-order valence-electron chi connectivity index (χ2n) is 6.54. The van der Waals surface area contributed by atoms with Gasteiger partial charge < -0.3 is 5.11 Å². The fourth-order valence-corrected chi connectivity index (χ4v) is 3.18. The smallest absolute Gasteiger partial charge is 0.194 e. The van der Waals surface area contributed by atoms with Gasteiger partial charge in [-0.3, -0.25) is 0 Å². The molecule has 1 N–H and O–H groups in total. The van der Waals surface area contributed by atoms with E-state index in [-0.39, 0.29) is 5.56 Å². The minimum atomic E-state index is -1.50. The normalized spacial score (nSPS) is 24.1. The summed E-state index contributed by atoms with van der Waals surface area (Å²) in [5.74, 6) is -3.63. The van der Waals surface area contributed by atoms with Crippen molar-refractivity contribution in [1.82, 2.24) is 0 Å². The number of benzene rings is 1. The molecule has 128 valence electrons. The third-order valence-corrected chi connectivity index (χ3v) is 4.70. The first-order valence-corrected chi connectivity index (χ1v) is 8.53. The topological polar surface area (TPSA) is 20.2 Å². The van der Waals surface area contributed by atoms with Gasteiger partial charge in [0.1, 0.15) is 5.60 Å². The van der Waals surface area contributed by atoms with E-state index in [1.165, 1.54) is 25.7 Å². The SMILES string of the molecule is CCCCCCCC1C=CC(O)(c2cc(F)c(F)c(F)c2)CC1. The van der Waals surface area contributed by atoms with Crippen molar-refractivity contribution in [3.05, 3.63) is 47.3 Å². The van der Waals surface area contributed by atoms with E-state index < -0.39 is 23.1 Å². The summed E-state index contributed by atoms with van der Waals surface area (Å²) in [7, 11) is 0. The molecule has 2 unspecified atom stereocenters. The lowest BCUT2D eigenvalue weighted by Crippen LogP contribution is -2.27. The molecule has 0 amide bonds. The lowest BCUT2D eigenvalue weighted by atomic mass is 9.79. The molecule has 0 bridgehead atoms. The Balaban J connectivity index is 1.96. The molecule has 1 nitrogen and oxygen atoms in total. The molecule has 2 atom stereocenters. The summed E-state index contributed by atoms with van der Waals surface area (Å²) in [6, 6.07) is 1.77. The van der Waals surface area contributed by atoms with Crippen LogP contribution in [0.3, 0.4) is 0 Å². The Labute approximate surface area is 136 Å². The number of hydrogen-bond acceptors (Lipinski definition) is 1. The molecule has 0 aromatic heterocycles. The van der Waals surface area contributed by atoms with E-state index in [2.05, 4.69) is 6.92 Å². The molecule has 0 fully saturated rings. The maximum atomic E-state index is 13.4. The van der Waals surface area contributed by atoms with Crippen molar-refractivity contribution >= 4 is 0 Å². The number of halogens is 3. The highest BCUT2D eigenvalue weighted by Gasteiger charge is 2.32. The zero-order chi connectivity index (χ0) is 16.9. The Hall–Kier alpha value is -1.29. The first kappa shape index (κ1) is 18.1. The van der Waals surface area contributed by atoms with Gasteiger partial charge in [-0.1, -0.05) is 51.2 Å². The van der Waals surface area contributed by atoms with Gasteiger partial charge in [0.2, 0.25) is 0 Å². The Morgan fingerprint density at radius 3 is 2.30 bits per heavy atom. The molecule has 1 aromatic rings. The number of unbranched alkanes of at least 4 members (excludes halogenated alkanes) is 4. The van der Waals surface area contributed by atoms with Crippen LogP contribution in [-0.4, -0.2) is 5.11 Å². The van der Waals surface area contributed by atoms with Crippen molar-refractivity contribution in [3.63, 3.8) is 0 Å². The van der Waals surface area contributed by atoms with Crippen molar-refractivity contribution < 1.29 is 18.3 Å². The van der Waals surface area contributed by atoms with E-state index >= 15 is 0 Å². The van der Waals surface area contributed by atoms with Gasteiger partial charge in [0, 0.05) is 0 Å². The van der Waals surface area contributed by atoms with E-state index in [1.54, 1.807) is 6.08 Å². The van der Waals surface area contributed by atoms with Crippen molar-refractivity contribution in [2.75, 3.05) is 0 Å². The third kappa shape index (κ3) is 4.60. The quantitative estimate of drug-likeness (QED) is 0.392. The highest BCUT2D eigenvalue weighted by Crippen LogP contribution is 2.37. The summed E-state index contributed by atoms with van der Waals surface area (Å²) >= 11 is 0.